The summed E-state index contributed by atoms with van der Waals surface area (Å²) in [5, 5.41) is 4.17. The molecule has 0 bridgehead atoms. The second kappa shape index (κ2) is 3.09. The van der Waals surface area contributed by atoms with Crippen LogP contribution < -0.4 is 5.69 Å². The maximum Gasteiger partial charge on any atom is 0.348 e. The molecule has 0 aliphatic carbocycles. The van der Waals surface area contributed by atoms with E-state index in [9.17, 15) is 13.6 Å². The van der Waals surface area contributed by atoms with Crippen molar-refractivity contribution in [3.63, 3.8) is 0 Å². The molecular weight excluding hydrogens is 230 g/mol. The SMILES string of the molecule is Cc1nc2c3cc(F)c(F)cc3[nH]c(=O)n2n1. The smallest absolute Gasteiger partial charge is 0.305 e. The second-order valence-electron chi connectivity index (χ2n) is 3.64. The van der Waals surface area contributed by atoms with Gasteiger partial charge in [-0.25, -0.2) is 18.6 Å². The van der Waals surface area contributed by atoms with Crippen LogP contribution in [0.3, 0.4) is 0 Å². The summed E-state index contributed by atoms with van der Waals surface area (Å²) in [6.07, 6.45) is 0. The van der Waals surface area contributed by atoms with E-state index in [0.29, 0.717) is 11.2 Å². The first kappa shape index (κ1) is 9.88. The van der Waals surface area contributed by atoms with Gasteiger partial charge in [0, 0.05) is 11.5 Å². The van der Waals surface area contributed by atoms with Crippen LogP contribution in [0, 0.1) is 18.6 Å². The second-order valence-corrected chi connectivity index (χ2v) is 3.64. The van der Waals surface area contributed by atoms with E-state index in [1.54, 1.807) is 6.92 Å². The van der Waals surface area contributed by atoms with Gasteiger partial charge in [0.2, 0.25) is 0 Å². The number of fused-ring (bicyclic) bond motifs is 3. The maximum absolute atomic E-state index is 13.2. The van der Waals surface area contributed by atoms with Gasteiger partial charge in [-0.3, -0.25) is 0 Å². The third-order valence-electron chi connectivity index (χ3n) is 2.45. The number of aromatic amines is 1. The van der Waals surface area contributed by atoms with Crippen molar-refractivity contribution in [2.75, 3.05) is 0 Å². The normalized spacial score (nSPS) is 11.5. The van der Waals surface area contributed by atoms with Crippen molar-refractivity contribution in [2.45, 2.75) is 6.92 Å². The number of nitrogens with one attached hydrogen (secondary N) is 1. The first-order valence-corrected chi connectivity index (χ1v) is 4.80. The molecular formula is C10H6F2N4O. The van der Waals surface area contributed by atoms with Gasteiger partial charge in [0.25, 0.3) is 0 Å². The number of nitrogens with zero attached hydrogens (tertiary/aromatic N) is 3. The molecule has 0 aliphatic rings. The Bertz CT molecular complexity index is 805. The average Bonchev–Trinajstić information content (AvgIpc) is 2.64. The first-order chi connectivity index (χ1) is 8.06. The molecule has 1 aromatic carbocycles. The molecule has 17 heavy (non-hydrogen) atoms. The summed E-state index contributed by atoms with van der Waals surface area (Å²) in [5.41, 5.74) is -0.145. The van der Waals surface area contributed by atoms with Crippen molar-refractivity contribution < 1.29 is 8.78 Å². The number of hydrogen-bond acceptors (Lipinski definition) is 3. The molecule has 0 unspecified atom stereocenters. The molecule has 0 spiro atoms. The fraction of sp³-hybridized carbons (Fsp3) is 0.100. The summed E-state index contributed by atoms with van der Waals surface area (Å²) in [6, 6.07) is 1.92. The van der Waals surface area contributed by atoms with Crippen LogP contribution in [0.15, 0.2) is 16.9 Å². The Morgan fingerprint density at radius 3 is 2.76 bits per heavy atom. The van der Waals surface area contributed by atoms with Gasteiger partial charge in [0.1, 0.15) is 5.82 Å². The van der Waals surface area contributed by atoms with Crippen LogP contribution in [0.1, 0.15) is 5.82 Å². The Balaban J connectivity index is 2.62. The van der Waals surface area contributed by atoms with E-state index < -0.39 is 17.3 Å². The Labute approximate surface area is 92.7 Å². The van der Waals surface area contributed by atoms with Crippen molar-refractivity contribution in [3.05, 3.63) is 40.1 Å². The lowest BCUT2D eigenvalue weighted by Gasteiger charge is -2.00. The summed E-state index contributed by atoms with van der Waals surface area (Å²) >= 11 is 0. The minimum absolute atomic E-state index is 0.189. The zero-order valence-electron chi connectivity index (χ0n) is 8.66. The minimum Gasteiger partial charge on any atom is -0.305 e. The van der Waals surface area contributed by atoms with Gasteiger partial charge < -0.3 is 4.98 Å². The van der Waals surface area contributed by atoms with Gasteiger partial charge in [-0.05, 0) is 13.0 Å². The molecule has 2 aromatic heterocycles. The fourth-order valence-electron chi connectivity index (χ4n) is 1.73. The van der Waals surface area contributed by atoms with Crippen LogP contribution in [-0.2, 0) is 0 Å². The quantitative estimate of drug-likeness (QED) is 0.637. The largest absolute Gasteiger partial charge is 0.348 e. The van der Waals surface area contributed by atoms with Crippen molar-refractivity contribution >= 4 is 16.6 Å². The van der Waals surface area contributed by atoms with Crippen molar-refractivity contribution in [1.29, 1.82) is 0 Å². The van der Waals surface area contributed by atoms with Crippen LogP contribution in [0.5, 0.6) is 0 Å². The molecule has 3 rings (SSSR count). The Kier molecular flexibility index (Phi) is 1.80. The molecule has 3 aromatic rings. The van der Waals surface area contributed by atoms with Gasteiger partial charge in [-0.1, -0.05) is 0 Å². The molecule has 0 radical (unpaired) electrons. The van der Waals surface area contributed by atoms with Gasteiger partial charge in [0.05, 0.1) is 5.52 Å². The van der Waals surface area contributed by atoms with Crippen LogP contribution in [-0.4, -0.2) is 19.6 Å². The molecule has 2 heterocycles. The van der Waals surface area contributed by atoms with Gasteiger partial charge in [-0.2, -0.15) is 4.52 Å². The number of H-pyrrole nitrogens is 1. The van der Waals surface area contributed by atoms with Crippen molar-refractivity contribution in [1.82, 2.24) is 19.6 Å². The Morgan fingerprint density at radius 2 is 2.00 bits per heavy atom. The van der Waals surface area contributed by atoms with Crippen LogP contribution in [0.4, 0.5) is 8.78 Å². The fourth-order valence-corrected chi connectivity index (χ4v) is 1.73. The number of aryl methyl sites for hydroxylation is 1. The van der Waals surface area contributed by atoms with E-state index in [0.717, 1.165) is 16.6 Å². The Hall–Kier alpha value is -2.31. The molecule has 0 saturated heterocycles. The standard InChI is InChI=1S/C10H6F2N4O/c1-4-13-9-5-2-6(11)7(12)3-8(5)14-10(17)16(9)15-4/h2-3H,1H3,(H,14,17). The summed E-state index contributed by atoms with van der Waals surface area (Å²) in [6.45, 7) is 1.61. The van der Waals surface area contributed by atoms with Crippen molar-refractivity contribution in [3.8, 4) is 0 Å². The zero-order valence-corrected chi connectivity index (χ0v) is 8.66. The zero-order chi connectivity index (χ0) is 12.2. The molecule has 1 N–H and O–H groups in total. The predicted molar refractivity (Wildman–Crippen MR) is 55.8 cm³/mol. The minimum atomic E-state index is -1.02. The van der Waals surface area contributed by atoms with E-state index >= 15 is 0 Å². The first-order valence-electron chi connectivity index (χ1n) is 4.80. The highest BCUT2D eigenvalue weighted by Crippen LogP contribution is 2.18. The highest BCUT2D eigenvalue weighted by Gasteiger charge is 2.12. The van der Waals surface area contributed by atoms with E-state index in [1.807, 2.05) is 0 Å². The summed E-state index contributed by atoms with van der Waals surface area (Å²) in [7, 11) is 0. The average molecular weight is 236 g/mol. The number of hydrogen-bond donors (Lipinski definition) is 1. The number of benzene rings is 1. The van der Waals surface area contributed by atoms with Gasteiger partial charge in [0.15, 0.2) is 17.3 Å². The molecule has 0 amide bonds. The molecule has 0 fully saturated rings. The van der Waals surface area contributed by atoms with E-state index in [4.69, 9.17) is 0 Å². The lowest BCUT2D eigenvalue weighted by molar-refractivity contribution is 0.510. The summed E-state index contributed by atoms with van der Waals surface area (Å²) in [5.74, 6) is -1.63. The highest BCUT2D eigenvalue weighted by molar-refractivity contribution is 5.90. The van der Waals surface area contributed by atoms with Crippen LogP contribution in [0.25, 0.3) is 16.6 Å². The van der Waals surface area contributed by atoms with E-state index in [1.165, 1.54) is 0 Å². The number of rotatable bonds is 0. The van der Waals surface area contributed by atoms with Crippen LogP contribution in [0.2, 0.25) is 0 Å². The molecule has 0 atom stereocenters. The molecule has 86 valence electrons. The highest BCUT2D eigenvalue weighted by atomic mass is 19.2. The number of aromatic nitrogens is 4. The summed E-state index contributed by atoms with van der Waals surface area (Å²) < 4.78 is 27.2. The summed E-state index contributed by atoms with van der Waals surface area (Å²) in [4.78, 5) is 18.0. The third kappa shape index (κ3) is 1.32. The third-order valence-corrected chi connectivity index (χ3v) is 2.45. The van der Waals surface area contributed by atoms with Crippen LogP contribution >= 0.6 is 0 Å². The lowest BCUT2D eigenvalue weighted by Crippen LogP contribution is -2.17. The monoisotopic (exact) mass is 236 g/mol. The molecule has 5 nitrogen and oxygen atoms in total. The number of halogens is 2. The van der Waals surface area contributed by atoms with E-state index in [2.05, 4.69) is 15.1 Å². The van der Waals surface area contributed by atoms with Gasteiger partial charge >= 0.3 is 5.69 Å². The van der Waals surface area contributed by atoms with E-state index in [-0.39, 0.29) is 11.2 Å². The molecule has 7 heteroatoms. The lowest BCUT2D eigenvalue weighted by atomic mass is 10.2. The molecule has 0 aliphatic heterocycles. The predicted octanol–water partition coefficient (Wildman–Crippen LogP) is 1.16. The molecule has 0 saturated carbocycles. The topological polar surface area (TPSA) is 63.0 Å². The van der Waals surface area contributed by atoms with Crippen molar-refractivity contribution in [2.24, 2.45) is 0 Å². The Morgan fingerprint density at radius 1 is 1.29 bits per heavy atom. The maximum atomic E-state index is 13.2. The van der Waals surface area contributed by atoms with Gasteiger partial charge in [-0.15, -0.1) is 5.10 Å².